The number of fused-ring (bicyclic) bond motifs is 1. The van der Waals surface area contributed by atoms with Crippen molar-refractivity contribution in [1.82, 2.24) is 10.2 Å². The summed E-state index contributed by atoms with van der Waals surface area (Å²) >= 11 is 0. The second kappa shape index (κ2) is 9.82. The largest absolute Gasteiger partial charge is 0.481 e. The molecule has 0 bridgehead atoms. The molecule has 2 amide bonds. The fraction of sp³-hybridized carbons (Fsp3) is 0.591. The maximum atomic E-state index is 12.3. The van der Waals surface area contributed by atoms with Gasteiger partial charge in [0.25, 0.3) is 11.8 Å². The van der Waals surface area contributed by atoms with Gasteiger partial charge in [-0.15, -0.1) is 0 Å². The number of aliphatic carboxylic acids is 1. The number of nitrogens with zero attached hydrogens (tertiary/aromatic N) is 1. The highest BCUT2D eigenvalue weighted by molar-refractivity contribution is 6.21. The number of carboxylic acids is 1. The van der Waals surface area contributed by atoms with E-state index in [0.717, 1.165) is 25.7 Å². The molecule has 6 nitrogen and oxygen atoms in total. The third kappa shape index (κ3) is 4.79. The Bertz CT molecular complexity index is 677. The summed E-state index contributed by atoms with van der Waals surface area (Å²) in [6, 6.07) is 7.19. The second-order valence-corrected chi connectivity index (χ2v) is 7.73. The van der Waals surface area contributed by atoms with Crippen LogP contribution in [0.15, 0.2) is 24.3 Å². The van der Waals surface area contributed by atoms with Crippen molar-refractivity contribution in [2.75, 3.05) is 13.1 Å². The lowest BCUT2D eigenvalue weighted by atomic mass is 9.82. The highest BCUT2D eigenvalue weighted by Gasteiger charge is 2.35. The minimum atomic E-state index is -0.738. The Kier molecular flexibility index (Phi) is 7.75. The molecule has 6 heteroatoms. The molecule has 1 unspecified atom stereocenters. The van der Waals surface area contributed by atoms with Crippen LogP contribution < -0.4 is 5.32 Å². The molecule has 1 aromatic carbocycles. The molecule has 1 aliphatic rings. The molecule has 0 spiro atoms. The minimum absolute atomic E-state index is 0.195. The number of carbonyl (C=O) groups excluding carboxylic acids is 2. The Labute approximate surface area is 167 Å². The van der Waals surface area contributed by atoms with Crippen LogP contribution in [0, 0.1) is 5.41 Å². The van der Waals surface area contributed by atoms with Gasteiger partial charge < -0.3 is 10.4 Å². The number of nitrogens with one attached hydrogen (secondary N) is 1. The lowest BCUT2D eigenvalue weighted by Gasteiger charge is -2.29. The summed E-state index contributed by atoms with van der Waals surface area (Å²) in [6.45, 7) is 6.84. The Balaban J connectivity index is 1.69. The molecule has 0 saturated heterocycles. The number of amides is 2. The zero-order valence-electron chi connectivity index (χ0n) is 17.2. The van der Waals surface area contributed by atoms with Gasteiger partial charge >= 0.3 is 5.97 Å². The van der Waals surface area contributed by atoms with Crippen LogP contribution in [0.5, 0.6) is 0 Å². The lowest BCUT2D eigenvalue weighted by Crippen LogP contribution is -2.43. The summed E-state index contributed by atoms with van der Waals surface area (Å²) in [5.41, 5.74) is 0.304. The lowest BCUT2D eigenvalue weighted by molar-refractivity contribution is -0.149. The zero-order valence-corrected chi connectivity index (χ0v) is 17.2. The van der Waals surface area contributed by atoms with Gasteiger partial charge in [-0.3, -0.25) is 19.3 Å². The first-order valence-corrected chi connectivity index (χ1v) is 10.3. The Hall–Kier alpha value is -2.21. The normalized spacial score (nSPS) is 15.0. The van der Waals surface area contributed by atoms with E-state index in [4.69, 9.17) is 0 Å². The molecule has 0 fully saturated rings. The molecule has 154 valence electrons. The van der Waals surface area contributed by atoms with Crippen molar-refractivity contribution in [3.8, 4) is 0 Å². The van der Waals surface area contributed by atoms with Crippen LogP contribution >= 0.6 is 0 Å². The maximum Gasteiger partial charge on any atom is 0.310 e. The average molecular weight is 389 g/mol. The quantitative estimate of drug-likeness (QED) is 0.421. The first-order valence-electron chi connectivity index (χ1n) is 10.3. The van der Waals surface area contributed by atoms with E-state index in [-0.39, 0.29) is 17.9 Å². The van der Waals surface area contributed by atoms with E-state index in [9.17, 15) is 19.5 Å². The van der Waals surface area contributed by atoms with Crippen LogP contribution in [0.4, 0.5) is 0 Å². The Morgan fingerprint density at radius 2 is 1.64 bits per heavy atom. The smallest absolute Gasteiger partial charge is 0.310 e. The molecule has 0 aliphatic carbocycles. The number of benzene rings is 1. The van der Waals surface area contributed by atoms with Gasteiger partial charge in [0, 0.05) is 19.1 Å². The van der Waals surface area contributed by atoms with Crippen LogP contribution in [-0.4, -0.2) is 46.9 Å². The van der Waals surface area contributed by atoms with E-state index >= 15 is 0 Å². The summed E-state index contributed by atoms with van der Waals surface area (Å²) in [4.78, 5) is 37.5. The molecule has 1 aliphatic heterocycles. The van der Waals surface area contributed by atoms with Crippen molar-refractivity contribution >= 4 is 17.8 Å². The van der Waals surface area contributed by atoms with Gasteiger partial charge in [0.1, 0.15) is 0 Å². The van der Waals surface area contributed by atoms with Crippen molar-refractivity contribution in [3.63, 3.8) is 0 Å². The molecule has 0 aromatic heterocycles. The van der Waals surface area contributed by atoms with E-state index in [0.29, 0.717) is 37.1 Å². The SMILES string of the molecule is CCC(CC)(CNC(C)CCCCCN1C(=O)c2ccccc2C1=O)C(=O)O. The molecule has 2 N–H and O–H groups in total. The van der Waals surface area contributed by atoms with E-state index < -0.39 is 11.4 Å². The van der Waals surface area contributed by atoms with Crippen molar-refractivity contribution in [2.24, 2.45) is 5.41 Å². The maximum absolute atomic E-state index is 12.3. The molecular weight excluding hydrogens is 356 g/mol. The number of rotatable bonds is 12. The number of hydrogen-bond acceptors (Lipinski definition) is 4. The topological polar surface area (TPSA) is 86.7 Å². The van der Waals surface area contributed by atoms with E-state index in [1.54, 1.807) is 24.3 Å². The van der Waals surface area contributed by atoms with Gasteiger partial charge in [-0.1, -0.05) is 38.8 Å². The molecule has 2 rings (SSSR count). The van der Waals surface area contributed by atoms with Crippen molar-refractivity contribution in [3.05, 3.63) is 35.4 Å². The van der Waals surface area contributed by atoms with Crippen LogP contribution in [0.1, 0.15) is 80.0 Å². The molecular formula is C22H32N2O4. The van der Waals surface area contributed by atoms with E-state index in [1.807, 2.05) is 13.8 Å². The van der Waals surface area contributed by atoms with Crippen LogP contribution in [0.3, 0.4) is 0 Å². The zero-order chi connectivity index (χ0) is 20.7. The number of imide groups is 1. The van der Waals surface area contributed by atoms with Gasteiger partial charge in [0.2, 0.25) is 0 Å². The fourth-order valence-corrected chi connectivity index (χ4v) is 3.69. The first-order chi connectivity index (χ1) is 13.4. The predicted octanol–water partition coefficient (Wildman–Crippen LogP) is 3.71. The van der Waals surface area contributed by atoms with Gasteiger partial charge in [0.05, 0.1) is 16.5 Å². The second-order valence-electron chi connectivity index (χ2n) is 7.73. The average Bonchev–Trinajstić information content (AvgIpc) is 2.93. The van der Waals surface area contributed by atoms with Gasteiger partial charge in [0.15, 0.2) is 0 Å². The minimum Gasteiger partial charge on any atom is -0.481 e. The monoisotopic (exact) mass is 388 g/mol. The molecule has 0 radical (unpaired) electrons. The van der Waals surface area contributed by atoms with Gasteiger partial charge in [-0.25, -0.2) is 0 Å². The molecule has 1 heterocycles. The molecule has 1 atom stereocenters. The third-order valence-electron chi connectivity index (χ3n) is 5.99. The molecule has 0 saturated carbocycles. The summed E-state index contributed by atoms with van der Waals surface area (Å²) in [6.07, 6.45) is 4.82. The standard InChI is InChI=1S/C22H32N2O4/c1-4-22(5-2,21(27)28)15-23-16(3)11-7-6-10-14-24-19(25)17-12-8-9-13-18(17)20(24)26/h8-9,12-13,16,23H,4-7,10-11,14-15H2,1-3H3,(H,27,28). The summed E-state index contributed by atoms with van der Waals surface area (Å²) < 4.78 is 0. The van der Waals surface area contributed by atoms with E-state index in [2.05, 4.69) is 12.2 Å². The number of unbranched alkanes of at least 4 members (excludes halogenated alkanes) is 2. The van der Waals surface area contributed by atoms with Gasteiger partial charge in [-0.2, -0.15) is 0 Å². The van der Waals surface area contributed by atoms with Crippen LogP contribution in [0.25, 0.3) is 0 Å². The predicted molar refractivity (Wildman–Crippen MR) is 108 cm³/mol. The number of carbonyl (C=O) groups is 3. The Morgan fingerprint density at radius 3 is 2.14 bits per heavy atom. The number of hydrogen-bond donors (Lipinski definition) is 2. The summed E-state index contributed by atoms with van der Waals surface area (Å²) in [7, 11) is 0. The van der Waals surface area contributed by atoms with Crippen LogP contribution in [-0.2, 0) is 4.79 Å². The molecule has 1 aromatic rings. The third-order valence-corrected chi connectivity index (χ3v) is 5.99. The van der Waals surface area contributed by atoms with Gasteiger partial charge in [-0.05, 0) is 44.7 Å². The van der Waals surface area contributed by atoms with Crippen molar-refractivity contribution in [2.45, 2.75) is 65.3 Å². The summed E-state index contributed by atoms with van der Waals surface area (Å²) in [5, 5.41) is 12.9. The first kappa shape index (κ1) is 22.1. The van der Waals surface area contributed by atoms with Crippen LogP contribution in [0.2, 0.25) is 0 Å². The highest BCUT2D eigenvalue weighted by atomic mass is 16.4. The molecule has 28 heavy (non-hydrogen) atoms. The fourth-order valence-electron chi connectivity index (χ4n) is 3.69. The Morgan fingerprint density at radius 1 is 1.07 bits per heavy atom. The van der Waals surface area contributed by atoms with Crippen molar-refractivity contribution < 1.29 is 19.5 Å². The van der Waals surface area contributed by atoms with Crippen molar-refractivity contribution in [1.29, 1.82) is 0 Å². The van der Waals surface area contributed by atoms with E-state index in [1.165, 1.54) is 4.90 Å². The summed E-state index contributed by atoms with van der Waals surface area (Å²) in [5.74, 6) is -1.13. The highest BCUT2D eigenvalue weighted by Crippen LogP contribution is 2.26. The number of carboxylic acid groups (broad SMARTS) is 1.